The lowest BCUT2D eigenvalue weighted by Gasteiger charge is -2.03. The van der Waals surface area contributed by atoms with E-state index >= 15 is 0 Å². The van der Waals surface area contributed by atoms with E-state index < -0.39 is 0 Å². The number of nitrogens with zero attached hydrogens (tertiary/aromatic N) is 1. The Morgan fingerprint density at radius 2 is 2.27 bits per heavy atom. The highest BCUT2D eigenvalue weighted by molar-refractivity contribution is 5.69. The molecular formula is C10H17N3O2. The summed E-state index contributed by atoms with van der Waals surface area (Å²) in [6.07, 6.45) is 0.395. The summed E-state index contributed by atoms with van der Waals surface area (Å²) in [6.45, 7) is 5.29. The van der Waals surface area contributed by atoms with Crippen LogP contribution in [0.1, 0.15) is 23.4 Å². The molecule has 2 N–H and O–H groups in total. The summed E-state index contributed by atoms with van der Waals surface area (Å²) in [5.41, 5.74) is 3.23. The van der Waals surface area contributed by atoms with Crippen molar-refractivity contribution in [3.05, 3.63) is 17.0 Å². The maximum Gasteiger partial charge on any atom is 0.306 e. The highest BCUT2D eigenvalue weighted by atomic mass is 16.5. The number of ether oxygens (including phenoxy) is 1. The Morgan fingerprint density at radius 3 is 2.80 bits per heavy atom. The predicted octanol–water partition coefficient (Wildman–Crippen LogP) is 0.679. The van der Waals surface area contributed by atoms with Gasteiger partial charge in [0.05, 0.1) is 19.2 Å². The van der Waals surface area contributed by atoms with Gasteiger partial charge in [-0.1, -0.05) is 0 Å². The Labute approximate surface area is 89.2 Å². The summed E-state index contributed by atoms with van der Waals surface area (Å²) in [6, 6.07) is 0. The van der Waals surface area contributed by atoms with E-state index in [1.54, 1.807) is 0 Å². The van der Waals surface area contributed by atoms with Gasteiger partial charge in [-0.05, 0) is 13.8 Å². The number of hydrogen-bond donors (Lipinski definition) is 2. The number of esters is 1. The van der Waals surface area contributed by atoms with Crippen LogP contribution in [0.5, 0.6) is 0 Å². The number of nitrogens with one attached hydrogen (secondary N) is 2. The number of H-pyrrole nitrogens is 1. The summed E-state index contributed by atoms with van der Waals surface area (Å²) in [4.78, 5) is 10.8. The highest BCUT2D eigenvalue weighted by Gasteiger charge is 2.05. The van der Waals surface area contributed by atoms with Crippen molar-refractivity contribution in [1.82, 2.24) is 15.5 Å². The average Bonchev–Trinajstić information content (AvgIpc) is 2.54. The second kappa shape index (κ2) is 5.50. The van der Waals surface area contributed by atoms with Crippen molar-refractivity contribution in [2.45, 2.75) is 26.8 Å². The number of carbonyl (C=O) groups is 1. The van der Waals surface area contributed by atoms with Crippen molar-refractivity contribution in [2.75, 3.05) is 13.7 Å². The molecule has 0 spiro atoms. The van der Waals surface area contributed by atoms with Crippen molar-refractivity contribution < 1.29 is 9.53 Å². The lowest BCUT2D eigenvalue weighted by Crippen LogP contribution is -2.19. The molecule has 1 heterocycles. The smallest absolute Gasteiger partial charge is 0.306 e. The molecule has 84 valence electrons. The molecule has 0 atom stereocenters. The van der Waals surface area contributed by atoms with E-state index in [9.17, 15) is 4.79 Å². The van der Waals surface area contributed by atoms with Gasteiger partial charge >= 0.3 is 5.97 Å². The molecule has 0 aliphatic carbocycles. The largest absolute Gasteiger partial charge is 0.469 e. The molecule has 5 heteroatoms. The van der Waals surface area contributed by atoms with E-state index in [1.807, 2.05) is 13.8 Å². The number of carbonyl (C=O) groups excluding carboxylic acids is 1. The molecular weight excluding hydrogens is 194 g/mol. The van der Waals surface area contributed by atoms with Crippen molar-refractivity contribution in [3.8, 4) is 0 Å². The number of methoxy groups -OCH3 is 1. The minimum Gasteiger partial charge on any atom is -0.469 e. The van der Waals surface area contributed by atoms with Gasteiger partial charge < -0.3 is 10.1 Å². The third kappa shape index (κ3) is 3.36. The van der Waals surface area contributed by atoms with Gasteiger partial charge in [-0.3, -0.25) is 9.89 Å². The van der Waals surface area contributed by atoms with Gasteiger partial charge in [0, 0.05) is 24.3 Å². The zero-order valence-corrected chi connectivity index (χ0v) is 9.39. The van der Waals surface area contributed by atoms with E-state index in [0.717, 1.165) is 17.9 Å². The highest BCUT2D eigenvalue weighted by Crippen LogP contribution is 2.08. The maximum atomic E-state index is 10.8. The molecule has 0 aliphatic heterocycles. The first-order valence-electron chi connectivity index (χ1n) is 4.93. The number of aryl methyl sites for hydroxylation is 2. The fraction of sp³-hybridized carbons (Fsp3) is 0.600. The fourth-order valence-corrected chi connectivity index (χ4v) is 1.34. The lowest BCUT2D eigenvalue weighted by atomic mass is 10.2. The Morgan fingerprint density at radius 1 is 1.53 bits per heavy atom. The molecule has 0 saturated heterocycles. The van der Waals surface area contributed by atoms with Gasteiger partial charge in [0.15, 0.2) is 0 Å². The Bertz CT molecular complexity index is 314. The molecule has 0 aliphatic rings. The molecule has 0 aromatic carbocycles. The standard InChI is InChI=1S/C10H17N3O2/c1-7-9(8(2)13-12-7)6-11-5-4-10(14)15-3/h11H,4-6H2,1-3H3,(H,12,13). The molecule has 0 bridgehead atoms. The second-order valence-electron chi connectivity index (χ2n) is 3.42. The van der Waals surface area contributed by atoms with Crippen molar-refractivity contribution in [1.29, 1.82) is 0 Å². The molecule has 1 aromatic rings. The van der Waals surface area contributed by atoms with Crippen LogP contribution in [-0.4, -0.2) is 29.8 Å². The van der Waals surface area contributed by atoms with Crippen LogP contribution < -0.4 is 5.32 Å². The van der Waals surface area contributed by atoms with Crippen LogP contribution in [0.25, 0.3) is 0 Å². The predicted molar refractivity (Wildman–Crippen MR) is 56.4 cm³/mol. The summed E-state index contributed by atoms with van der Waals surface area (Å²) in [5, 5.41) is 10.2. The van der Waals surface area contributed by atoms with Crippen LogP contribution in [0.2, 0.25) is 0 Å². The summed E-state index contributed by atoms with van der Waals surface area (Å²) in [5.74, 6) is -0.192. The first-order valence-corrected chi connectivity index (χ1v) is 4.93. The summed E-state index contributed by atoms with van der Waals surface area (Å²) >= 11 is 0. The fourth-order valence-electron chi connectivity index (χ4n) is 1.34. The number of aromatic amines is 1. The lowest BCUT2D eigenvalue weighted by molar-refractivity contribution is -0.140. The maximum absolute atomic E-state index is 10.8. The van der Waals surface area contributed by atoms with E-state index in [0.29, 0.717) is 13.0 Å². The zero-order valence-electron chi connectivity index (χ0n) is 9.39. The van der Waals surface area contributed by atoms with Gasteiger partial charge in [0.25, 0.3) is 0 Å². The van der Waals surface area contributed by atoms with Gasteiger partial charge in [0.2, 0.25) is 0 Å². The molecule has 1 aromatic heterocycles. The first kappa shape index (κ1) is 11.7. The van der Waals surface area contributed by atoms with E-state index in [1.165, 1.54) is 12.7 Å². The quantitative estimate of drug-likeness (QED) is 0.555. The molecule has 0 saturated carbocycles. The molecule has 15 heavy (non-hydrogen) atoms. The SMILES string of the molecule is COC(=O)CCNCc1c(C)n[nH]c1C. The topological polar surface area (TPSA) is 67.0 Å². The van der Waals surface area contributed by atoms with Crippen molar-refractivity contribution >= 4 is 5.97 Å². The third-order valence-corrected chi connectivity index (χ3v) is 2.32. The van der Waals surface area contributed by atoms with Gasteiger partial charge in [-0.2, -0.15) is 5.10 Å². The molecule has 0 amide bonds. The van der Waals surface area contributed by atoms with E-state index in [4.69, 9.17) is 0 Å². The normalized spacial score (nSPS) is 10.3. The van der Waals surface area contributed by atoms with Crippen molar-refractivity contribution in [3.63, 3.8) is 0 Å². The van der Waals surface area contributed by atoms with Gasteiger partial charge in [-0.25, -0.2) is 0 Å². The first-order chi connectivity index (χ1) is 7.15. The van der Waals surface area contributed by atoms with Crippen LogP contribution in [0.4, 0.5) is 0 Å². The minimum atomic E-state index is -0.192. The number of rotatable bonds is 5. The van der Waals surface area contributed by atoms with Gasteiger partial charge in [-0.15, -0.1) is 0 Å². The number of hydrogen-bond acceptors (Lipinski definition) is 4. The van der Waals surface area contributed by atoms with Crippen LogP contribution >= 0.6 is 0 Å². The Balaban J connectivity index is 2.29. The van der Waals surface area contributed by atoms with Gasteiger partial charge in [0.1, 0.15) is 0 Å². The molecule has 0 fully saturated rings. The average molecular weight is 211 g/mol. The monoisotopic (exact) mass is 211 g/mol. The van der Waals surface area contributed by atoms with Crippen molar-refractivity contribution in [2.24, 2.45) is 0 Å². The van der Waals surface area contributed by atoms with Crippen LogP contribution in [0.15, 0.2) is 0 Å². The zero-order chi connectivity index (χ0) is 11.3. The van der Waals surface area contributed by atoms with E-state index in [2.05, 4.69) is 20.3 Å². The van der Waals surface area contributed by atoms with Crippen LogP contribution in [0, 0.1) is 13.8 Å². The summed E-state index contributed by atoms with van der Waals surface area (Å²) < 4.78 is 4.54. The van der Waals surface area contributed by atoms with Crippen LogP contribution in [-0.2, 0) is 16.1 Å². The third-order valence-electron chi connectivity index (χ3n) is 2.32. The molecule has 1 rings (SSSR count). The molecule has 0 unspecified atom stereocenters. The summed E-state index contributed by atoms with van der Waals surface area (Å²) in [7, 11) is 1.40. The Hall–Kier alpha value is -1.36. The van der Waals surface area contributed by atoms with E-state index in [-0.39, 0.29) is 5.97 Å². The molecule has 5 nitrogen and oxygen atoms in total. The number of aromatic nitrogens is 2. The second-order valence-corrected chi connectivity index (χ2v) is 3.42. The Kier molecular flexibility index (Phi) is 4.30. The van der Waals surface area contributed by atoms with Crippen LogP contribution in [0.3, 0.4) is 0 Å². The molecule has 0 radical (unpaired) electrons. The minimum absolute atomic E-state index is 0.192.